The number of nitrogens with two attached hydrogens (primary N) is 1. The molecule has 0 aliphatic carbocycles. The normalized spacial score (nSPS) is 10.3. The van der Waals surface area contributed by atoms with E-state index in [1.807, 2.05) is 0 Å². The number of nitro groups is 1. The molecule has 1 heterocycles. The number of hydrogen-bond acceptors (Lipinski definition) is 4. The zero-order chi connectivity index (χ0) is 13.3. The molecule has 0 spiro atoms. The van der Waals surface area contributed by atoms with Crippen molar-refractivity contribution in [1.82, 2.24) is 4.98 Å². The van der Waals surface area contributed by atoms with Crippen LogP contribution in [0.5, 0.6) is 0 Å². The number of halogens is 2. The highest BCUT2D eigenvalue weighted by molar-refractivity contribution is 9.10. The Hall–Kier alpha value is -2.02. The van der Waals surface area contributed by atoms with Crippen LogP contribution in [-0.2, 0) is 0 Å². The molecule has 92 valence electrons. The van der Waals surface area contributed by atoms with Crippen LogP contribution in [0.15, 0.2) is 34.8 Å². The summed E-state index contributed by atoms with van der Waals surface area (Å²) in [5.74, 6) is -0.552. The Kier molecular flexibility index (Phi) is 3.24. The zero-order valence-corrected chi connectivity index (χ0v) is 10.5. The van der Waals surface area contributed by atoms with Gasteiger partial charge in [-0.25, -0.2) is 9.37 Å². The number of rotatable bonds is 2. The molecule has 2 aromatic rings. The smallest absolute Gasteiger partial charge is 0.275 e. The number of hydrogen-bond donors (Lipinski definition) is 1. The second-order valence-electron chi connectivity index (χ2n) is 3.52. The predicted molar refractivity (Wildman–Crippen MR) is 68.4 cm³/mol. The van der Waals surface area contributed by atoms with Gasteiger partial charge < -0.3 is 5.73 Å². The molecule has 0 saturated heterocycles. The lowest BCUT2D eigenvalue weighted by molar-refractivity contribution is -0.384. The molecule has 2 N–H and O–H groups in total. The Morgan fingerprint density at radius 2 is 2.06 bits per heavy atom. The van der Waals surface area contributed by atoms with Crippen molar-refractivity contribution < 1.29 is 9.31 Å². The Labute approximate surface area is 110 Å². The van der Waals surface area contributed by atoms with Crippen molar-refractivity contribution in [2.45, 2.75) is 0 Å². The molecule has 0 amide bonds. The minimum Gasteiger partial charge on any atom is -0.383 e. The van der Waals surface area contributed by atoms with Gasteiger partial charge in [0, 0.05) is 16.1 Å². The predicted octanol–water partition coefficient (Wildman–Crippen LogP) is 3.14. The fourth-order valence-electron chi connectivity index (χ4n) is 1.47. The summed E-state index contributed by atoms with van der Waals surface area (Å²) in [6.07, 6.45) is 0. The Balaban J connectivity index is 2.63. The Bertz CT molecular complexity index is 634. The topological polar surface area (TPSA) is 82.0 Å². The van der Waals surface area contributed by atoms with Gasteiger partial charge in [0.2, 0.25) is 0 Å². The molecule has 0 atom stereocenters. The second-order valence-corrected chi connectivity index (χ2v) is 4.43. The van der Waals surface area contributed by atoms with E-state index in [4.69, 9.17) is 5.73 Å². The maximum atomic E-state index is 13.6. The van der Waals surface area contributed by atoms with Gasteiger partial charge in [-0.1, -0.05) is 15.9 Å². The molecule has 0 saturated carbocycles. The van der Waals surface area contributed by atoms with Crippen molar-refractivity contribution in [2.75, 3.05) is 5.73 Å². The molecule has 1 aromatic carbocycles. The highest BCUT2D eigenvalue weighted by Crippen LogP contribution is 2.28. The van der Waals surface area contributed by atoms with E-state index in [0.29, 0.717) is 4.47 Å². The third-order valence-corrected chi connectivity index (χ3v) is 2.74. The van der Waals surface area contributed by atoms with Gasteiger partial charge in [-0.15, -0.1) is 0 Å². The van der Waals surface area contributed by atoms with Gasteiger partial charge in [0.25, 0.3) is 5.69 Å². The summed E-state index contributed by atoms with van der Waals surface area (Å²) in [5, 5.41) is 10.7. The molecule has 0 radical (unpaired) electrons. The largest absolute Gasteiger partial charge is 0.383 e. The number of nitrogens with zero attached hydrogens (tertiary/aromatic N) is 2. The van der Waals surface area contributed by atoms with Crippen molar-refractivity contribution in [3.63, 3.8) is 0 Å². The van der Waals surface area contributed by atoms with Crippen LogP contribution in [0, 0.1) is 15.9 Å². The molecule has 0 bridgehead atoms. The average Bonchev–Trinajstić information content (AvgIpc) is 2.31. The quantitative estimate of drug-likeness (QED) is 0.682. The molecule has 0 unspecified atom stereocenters. The summed E-state index contributed by atoms with van der Waals surface area (Å²) in [5.41, 5.74) is 5.53. The van der Waals surface area contributed by atoms with Crippen molar-refractivity contribution in [2.24, 2.45) is 0 Å². The lowest BCUT2D eigenvalue weighted by Crippen LogP contribution is -1.97. The molecule has 0 aliphatic rings. The summed E-state index contributed by atoms with van der Waals surface area (Å²) in [7, 11) is 0. The van der Waals surface area contributed by atoms with Gasteiger partial charge in [0.15, 0.2) is 0 Å². The summed E-state index contributed by atoms with van der Waals surface area (Å²) in [4.78, 5) is 14.0. The minimum atomic E-state index is -0.600. The van der Waals surface area contributed by atoms with E-state index in [2.05, 4.69) is 20.9 Å². The molecular weight excluding hydrogens is 305 g/mol. The molecule has 7 heteroatoms. The van der Waals surface area contributed by atoms with Crippen molar-refractivity contribution in [3.8, 4) is 11.3 Å². The van der Waals surface area contributed by atoms with Gasteiger partial charge in [-0.05, 0) is 18.2 Å². The third-order valence-electron chi connectivity index (χ3n) is 2.25. The number of benzene rings is 1. The first kappa shape index (κ1) is 12.4. The van der Waals surface area contributed by atoms with Crippen LogP contribution >= 0.6 is 15.9 Å². The molecule has 2 rings (SSSR count). The van der Waals surface area contributed by atoms with Crippen molar-refractivity contribution in [3.05, 3.63) is 50.7 Å². The molecule has 0 fully saturated rings. The van der Waals surface area contributed by atoms with Gasteiger partial charge in [0.1, 0.15) is 11.6 Å². The van der Waals surface area contributed by atoms with Crippen LogP contribution in [0.25, 0.3) is 11.3 Å². The lowest BCUT2D eigenvalue weighted by atomic mass is 10.1. The summed E-state index contributed by atoms with van der Waals surface area (Å²) < 4.78 is 14.3. The van der Waals surface area contributed by atoms with Gasteiger partial charge in [-0.2, -0.15) is 0 Å². The maximum absolute atomic E-state index is 13.6. The monoisotopic (exact) mass is 311 g/mol. The van der Waals surface area contributed by atoms with Gasteiger partial charge in [-0.3, -0.25) is 10.1 Å². The lowest BCUT2D eigenvalue weighted by Gasteiger charge is -2.04. The third kappa shape index (κ3) is 2.45. The molecule has 18 heavy (non-hydrogen) atoms. The Morgan fingerprint density at radius 1 is 1.33 bits per heavy atom. The number of anilines is 1. The fraction of sp³-hybridized carbons (Fsp3) is 0. The van der Waals surface area contributed by atoms with Gasteiger partial charge in [0.05, 0.1) is 16.7 Å². The number of aromatic nitrogens is 1. The van der Waals surface area contributed by atoms with Crippen LogP contribution in [-0.4, -0.2) is 9.91 Å². The molecule has 5 nitrogen and oxygen atoms in total. The first-order valence-electron chi connectivity index (χ1n) is 4.85. The summed E-state index contributed by atoms with van der Waals surface area (Å²) in [6.45, 7) is 0. The van der Waals surface area contributed by atoms with Crippen molar-refractivity contribution in [1.29, 1.82) is 0 Å². The molecule has 1 aromatic heterocycles. The van der Waals surface area contributed by atoms with Crippen LogP contribution in [0.4, 0.5) is 15.9 Å². The SMILES string of the molecule is Nc1cc([N+](=O)[O-])cc(-c2cc(Br)ccc2F)n1. The number of nitrogen functional groups attached to an aromatic ring is 1. The summed E-state index contributed by atoms with van der Waals surface area (Å²) in [6, 6.07) is 6.57. The van der Waals surface area contributed by atoms with E-state index in [-0.39, 0.29) is 22.8 Å². The van der Waals surface area contributed by atoms with Crippen LogP contribution in [0.3, 0.4) is 0 Å². The molecular formula is C11H7BrFN3O2. The molecule has 0 aliphatic heterocycles. The van der Waals surface area contributed by atoms with E-state index in [9.17, 15) is 14.5 Å². The minimum absolute atomic E-state index is 0.0291. The summed E-state index contributed by atoms with van der Waals surface area (Å²) >= 11 is 3.20. The average molecular weight is 312 g/mol. The van der Waals surface area contributed by atoms with E-state index < -0.39 is 10.7 Å². The van der Waals surface area contributed by atoms with Crippen molar-refractivity contribution >= 4 is 27.4 Å². The van der Waals surface area contributed by atoms with Crippen LogP contribution in [0.1, 0.15) is 0 Å². The van der Waals surface area contributed by atoms with Gasteiger partial charge >= 0.3 is 0 Å². The Morgan fingerprint density at radius 3 is 2.72 bits per heavy atom. The van der Waals surface area contributed by atoms with E-state index in [1.165, 1.54) is 24.3 Å². The highest BCUT2D eigenvalue weighted by atomic mass is 79.9. The highest BCUT2D eigenvalue weighted by Gasteiger charge is 2.14. The second kappa shape index (κ2) is 4.69. The van der Waals surface area contributed by atoms with Crippen LogP contribution < -0.4 is 5.73 Å². The van der Waals surface area contributed by atoms with Crippen LogP contribution in [0.2, 0.25) is 0 Å². The first-order valence-corrected chi connectivity index (χ1v) is 5.64. The van der Waals surface area contributed by atoms with E-state index >= 15 is 0 Å². The zero-order valence-electron chi connectivity index (χ0n) is 8.93. The standard InChI is InChI=1S/C11H7BrFN3O2/c12-6-1-2-9(13)8(3-6)10-4-7(16(17)18)5-11(14)15-10/h1-5H,(H2,14,15). The fourth-order valence-corrected chi connectivity index (χ4v) is 1.84. The van der Waals surface area contributed by atoms with E-state index in [1.54, 1.807) is 0 Å². The van der Waals surface area contributed by atoms with E-state index in [0.717, 1.165) is 6.07 Å². The first-order chi connectivity index (χ1) is 8.47. The number of pyridine rings is 1. The maximum Gasteiger partial charge on any atom is 0.275 e.